The van der Waals surface area contributed by atoms with Gasteiger partial charge in [-0.05, 0) is 106 Å². The molecule has 0 radical (unpaired) electrons. The van der Waals surface area contributed by atoms with Gasteiger partial charge in [0.05, 0.1) is 11.3 Å². The van der Waals surface area contributed by atoms with Gasteiger partial charge >= 0.3 is 0 Å². The van der Waals surface area contributed by atoms with Gasteiger partial charge in [-0.2, -0.15) is 12.6 Å². The second kappa shape index (κ2) is 14.6. The largest absolute Gasteiger partial charge is 0.339 e. The van der Waals surface area contributed by atoms with Crippen molar-refractivity contribution in [3.63, 3.8) is 0 Å². The van der Waals surface area contributed by atoms with Crippen LogP contribution in [0.2, 0.25) is 0 Å². The van der Waals surface area contributed by atoms with Gasteiger partial charge in [0, 0.05) is 29.8 Å². The SMILES string of the molecule is C=C(C)C1=C(CNCCc2cc(CCCCC)cc(C)c2C2C=C(C)CCC2)C(C)C2C(S)C(=C)N12.C=CC. The molecule has 1 aromatic carbocycles. The molecule has 2 heterocycles. The van der Waals surface area contributed by atoms with Crippen molar-refractivity contribution in [1.29, 1.82) is 0 Å². The Labute approximate surface area is 245 Å². The predicted octanol–water partition coefficient (Wildman–Crippen LogP) is 9.24. The molecule has 39 heavy (non-hydrogen) atoms. The number of unbranched alkanes of at least 4 members (excludes halogenated alkanes) is 2. The third-order valence-electron chi connectivity index (χ3n) is 8.71. The van der Waals surface area contributed by atoms with E-state index in [9.17, 15) is 0 Å². The monoisotopic (exact) mass is 546 g/mol. The van der Waals surface area contributed by atoms with Crippen LogP contribution in [0.25, 0.3) is 0 Å². The Balaban J connectivity index is 0.00000134. The molecule has 3 aliphatic rings. The lowest BCUT2D eigenvalue weighted by molar-refractivity contribution is 0.212. The molecule has 4 rings (SSSR count). The number of nitrogens with zero attached hydrogens (tertiary/aromatic N) is 1. The van der Waals surface area contributed by atoms with E-state index >= 15 is 0 Å². The van der Waals surface area contributed by atoms with Gasteiger partial charge in [-0.3, -0.25) is 0 Å². The Bertz CT molecular complexity index is 1110. The van der Waals surface area contributed by atoms with Crippen LogP contribution in [0, 0.1) is 12.8 Å². The zero-order valence-corrected chi connectivity index (χ0v) is 26.6. The highest BCUT2D eigenvalue weighted by atomic mass is 32.1. The molecule has 3 heteroatoms. The van der Waals surface area contributed by atoms with E-state index < -0.39 is 0 Å². The number of benzene rings is 1. The summed E-state index contributed by atoms with van der Waals surface area (Å²) in [6.45, 7) is 27.2. The number of nitrogens with one attached hydrogen (secondary N) is 1. The molecule has 2 nitrogen and oxygen atoms in total. The first-order valence-corrected chi connectivity index (χ1v) is 15.8. The molecule has 4 unspecified atom stereocenters. The first-order valence-electron chi connectivity index (χ1n) is 15.3. The van der Waals surface area contributed by atoms with E-state index in [-0.39, 0.29) is 5.25 Å². The smallest absolute Gasteiger partial charge is 0.0627 e. The molecule has 0 bridgehead atoms. The van der Waals surface area contributed by atoms with Crippen LogP contribution in [0.5, 0.6) is 0 Å². The van der Waals surface area contributed by atoms with Gasteiger partial charge in [0.2, 0.25) is 0 Å². The summed E-state index contributed by atoms with van der Waals surface area (Å²) >= 11 is 4.81. The third-order valence-corrected chi connectivity index (χ3v) is 9.32. The van der Waals surface area contributed by atoms with Crippen molar-refractivity contribution in [2.45, 2.75) is 110 Å². The Morgan fingerprint density at radius 1 is 1.21 bits per heavy atom. The molecule has 1 fully saturated rings. The zero-order chi connectivity index (χ0) is 28.7. The maximum atomic E-state index is 4.81. The number of hydrogen-bond donors (Lipinski definition) is 2. The molecule has 0 spiro atoms. The summed E-state index contributed by atoms with van der Waals surface area (Å²) in [7, 11) is 0. The van der Waals surface area contributed by atoms with Crippen molar-refractivity contribution in [3.8, 4) is 0 Å². The van der Waals surface area contributed by atoms with Crippen molar-refractivity contribution >= 4 is 12.6 Å². The van der Waals surface area contributed by atoms with E-state index in [2.05, 4.69) is 82.8 Å². The van der Waals surface area contributed by atoms with Crippen molar-refractivity contribution < 1.29 is 0 Å². The highest BCUT2D eigenvalue weighted by Crippen LogP contribution is 2.50. The number of rotatable bonds is 11. The highest BCUT2D eigenvalue weighted by molar-refractivity contribution is 7.81. The molecule has 0 amide bonds. The van der Waals surface area contributed by atoms with Crippen LogP contribution in [-0.2, 0) is 12.8 Å². The van der Waals surface area contributed by atoms with E-state index in [1.165, 1.54) is 67.3 Å². The molecule has 4 atom stereocenters. The van der Waals surface area contributed by atoms with Crippen LogP contribution in [-0.4, -0.2) is 29.3 Å². The Morgan fingerprint density at radius 2 is 1.92 bits per heavy atom. The first kappa shape index (κ1) is 31.6. The number of hydrogen-bond acceptors (Lipinski definition) is 3. The highest BCUT2D eigenvalue weighted by Gasteiger charge is 2.51. The molecule has 214 valence electrons. The summed E-state index contributed by atoms with van der Waals surface area (Å²) in [6, 6.07) is 5.45. The summed E-state index contributed by atoms with van der Waals surface area (Å²) in [4.78, 5) is 2.39. The van der Waals surface area contributed by atoms with Crippen LogP contribution in [0.4, 0.5) is 0 Å². The quantitative estimate of drug-likeness (QED) is 0.163. The van der Waals surface area contributed by atoms with E-state index in [4.69, 9.17) is 12.6 Å². The third kappa shape index (κ3) is 7.22. The predicted molar refractivity (Wildman–Crippen MR) is 176 cm³/mol. The standard InChI is InChI=1S/C33H48N2S.C3H6/c1-8-9-10-13-26-18-23(5)30(27-14-11-12-22(4)17-27)28(19-26)15-16-34-20-29-24(6)32-33(36)25(7)35(32)31(29)21(2)3;1-3-2/h17-19,24,27,32-34,36H,2,7-16,20H2,1,3-6H3;3H,1H2,2H3. The van der Waals surface area contributed by atoms with E-state index in [1.54, 1.807) is 22.8 Å². The number of thiol groups is 1. The molecule has 1 aromatic rings. The fourth-order valence-corrected chi connectivity index (χ4v) is 7.39. The minimum Gasteiger partial charge on any atom is -0.339 e. The average molecular weight is 547 g/mol. The van der Waals surface area contributed by atoms with Gasteiger partial charge in [0.25, 0.3) is 0 Å². The summed E-state index contributed by atoms with van der Waals surface area (Å²) in [5, 5.41) is 4.09. The van der Waals surface area contributed by atoms with Crippen molar-refractivity contribution in [2.75, 3.05) is 13.1 Å². The Morgan fingerprint density at radius 3 is 2.56 bits per heavy atom. The normalized spacial score (nSPS) is 24.0. The maximum Gasteiger partial charge on any atom is 0.0627 e. The lowest BCUT2D eigenvalue weighted by Crippen LogP contribution is -2.53. The van der Waals surface area contributed by atoms with Gasteiger partial charge in [-0.25, -0.2) is 0 Å². The van der Waals surface area contributed by atoms with Gasteiger partial charge in [0.1, 0.15) is 0 Å². The number of aryl methyl sites for hydroxylation is 2. The van der Waals surface area contributed by atoms with Gasteiger partial charge in [-0.1, -0.05) is 69.7 Å². The molecule has 2 aliphatic heterocycles. The summed E-state index contributed by atoms with van der Waals surface area (Å²) in [5.74, 6) is 1.06. The van der Waals surface area contributed by atoms with Crippen LogP contribution >= 0.6 is 12.6 Å². The summed E-state index contributed by atoms with van der Waals surface area (Å²) in [5.41, 5.74) is 12.8. The van der Waals surface area contributed by atoms with Crippen LogP contribution in [0.1, 0.15) is 101 Å². The minimum absolute atomic E-state index is 0.264. The first-order chi connectivity index (χ1) is 18.7. The van der Waals surface area contributed by atoms with Gasteiger partial charge in [-0.15, -0.1) is 6.58 Å². The fraction of sp³-hybridized carbons (Fsp3) is 0.556. The molecule has 0 saturated carbocycles. The van der Waals surface area contributed by atoms with Gasteiger partial charge < -0.3 is 10.2 Å². The van der Waals surface area contributed by atoms with E-state index in [1.807, 2.05) is 6.92 Å². The van der Waals surface area contributed by atoms with Crippen molar-refractivity contribution in [1.82, 2.24) is 10.2 Å². The molecule has 1 aliphatic carbocycles. The van der Waals surface area contributed by atoms with Crippen molar-refractivity contribution in [2.24, 2.45) is 5.92 Å². The molecule has 0 aromatic heterocycles. The van der Waals surface area contributed by atoms with Crippen LogP contribution < -0.4 is 5.32 Å². The number of allylic oxidation sites excluding steroid dienone is 4. The lowest BCUT2D eigenvalue weighted by Gasteiger charge is -2.48. The van der Waals surface area contributed by atoms with Crippen LogP contribution in [0.3, 0.4) is 0 Å². The molecular formula is C36H54N2S. The number of fused-ring (bicyclic) bond motifs is 1. The molecular weight excluding hydrogens is 492 g/mol. The maximum absolute atomic E-state index is 4.81. The minimum atomic E-state index is 0.264. The van der Waals surface area contributed by atoms with E-state index in [0.717, 1.165) is 30.8 Å². The topological polar surface area (TPSA) is 15.3 Å². The second-order valence-electron chi connectivity index (χ2n) is 12.0. The Hall–Kier alpha value is -1.97. The van der Waals surface area contributed by atoms with E-state index in [0.29, 0.717) is 17.9 Å². The fourth-order valence-electron chi connectivity index (χ4n) is 6.88. The average Bonchev–Trinajstić information content (AvgIpc) is 3.16. The zero-order valence-electron chi connectivity index (χ0n) is 25.7. The molecule has 1 saturated heterocycles. The summed E-state index contributed by atoms with van der Waals surface area (Å²) < 4.78 is 0. The van der Waals surface area contributed by atoms with Crippen molar-refractivity contribution in [3.05, 3.63) is 94.4 Å². The second-order valence-corrected chi connectivity index (χ2v) is 12.6. The molecule has 1 N–H and O–H groups in total. The summed E-state index contributed by atoms with van der Waals surface area (Å²) in [6.07, 6.45) is 14.3. The van der Waals surface area contributed by atoms with Gasteiger partial charge in [0.15, 0.2) is 0 Å². The Kier molecular flexibility index (Phi) is 11.8. The lowest BCUT2D eigenvalue weighted by atomic mass is 9.80. The van der Waals surface area contributed by atoms with Crippen LogP contribution in [0.15, 0.2) is 72.1 Å².